The number of aldehydes is 1. The fourth-order valence-corrected chi connectivity index (χ4v) is 1.45. The molecule has 1 N–H and O–H groups in total. The van der Waals surface area contributed by atoms with Crippen LogP contribution in [0.5, 0.6) is 0 Å². The van der Waals surface area contributed by atoms with Crippen LogP contribution < -0.4 is 5.32 Å². The highest BCUT2D eigenvalue weighted by Gasteiger charge is 2.05. The summed E-state index contributed by atoms with van der Waals surface area (Å²) in [5, 5.41) is 2.98. The van der Waals surface area contributed by atoms with Crippen LogP contribution in [0.1, 0.15) is 5.56 Å². The monoisotopic (exact) mass is 209 g/mol. The van der Waals surface area contributed by atoms with Gasteiger partial charge in [0.1, 0.15) is 6.29 Å². The van der Waals surface area contributed by atoms with Gasteiger partial charge < -0.3 is 5.32 Å². The molecule has 0 atom stereocenters. The van der Waals surface area contributed by atoms with Crippen molar-refractivity contribution in [3.8, 4) is 0 Å². The Balaban J connectivity index is 3.15. The average Bonchev–Trinajstić information content (AvgIpc) is 2.27. The lowest BCUT2D eigenvalue weighted by Crippen LogP contribution is -2.09. The van der Waals surface area contributed by atoms with Crippen molar-refractivity contribution in [1.82, 2.24) is 5.32 Å². The van der Waals surface area contributed by atoms with Crippen LogP contribution in [0.2, 0.25) is 0 Å². The SMILES string of the molecule is CNC(=C(C=O)CCl)c1ccccc1. The first-order valence-corrected chi connectivity index (χ1v) is 4.84. The van der Waals surface area contributed by atoms with Gasteiger partial charge in [-0.25, -0.2) is 0 Å². The summed E-state index contributed by atoms with van der Waals surface area (Å²) in [6.45, 7) is 0. The Morgan fingerprint density at radius 3 is 2.50 bits per heavy atom. The van der Waals surface area contributed by atoms with E-state index in [-0.39, 0.29) is 5.88 Å². The van der Waals surface area contributed by atoms with E-state index >= 15 is 0 Å². The molecule has 0 radical (unpaired) electrons. The molecular formula is C11H12ClNO. The van der Waals surface area contributed by atoms with Gasteiger partial charge in [0.2, 0.25) is 0 Å². The highest BCUT2D eigenvalue weighted by Crippen LogP contribution is 2.14. The minimum Gasteiger partial charge on any atom is -0.387 e. The zero-order chi connectivity index (χ0) is 10.4. The van der Waals surface area contributed by atoms with Crippen molar-refractivity contribution in [2.75, 3.05) is 12.9 Å². The Bertz CT molecular complexity index is 332. The van der Waals surface area contributed by atoms with E-state index in [1.54, 1.807) is 7.05 Å². The molecule has 0 unspecified atom stereocenters. The van der Waals surface area contributed by atoms with Gasteiger partial charge in [0.15, 0.2) is 0 Å². The van der Waals surface area contributed by atoms with Crippen LogP contribution in [-0.4, -0.2) is 19.2 Å². The number of carbonyl (C=O) groups excluding carboxylic acids is 1. The predicted octanol–water partition coefficient (Wildman–Crippen LogP) is 2.05. The molecular weight excluding hydrogens is 198 g/mol. The summed E-state index contributed by atoms with van der Waals surface area (Å²) >= 11 is 5.66. The Morgan fingerprint density at radius 2 is 2.07 bits per heavy atom. The van der Waals surface area contributed by atoms with E-state index < -0.39 is 0 Å². The molecule has 3 heteroatoms. The van der Waals surface area contributed by atoms with Crippen LogP contribution in [0.4, 0.5) is 0 Å². The van der Waals surface area contributed by atoms with Gasteiger partial charge in [-0.1, -0.05) is 30.3 Å². The van der Waals surface area contributed by atoms with Crippen LogP contribution in [-0.2, 0) is 4.79 Å². The van der Waals surface area contributed by atoms with Crippen molar-refractivity contribution < 1.29 is 4.79 Å². The molecule has 0 amide bonds. The van der Waals surface area contributed by atoms with E-state index in [4.69, 9.17) is 11.6 Å². The summed E-state index contributed by atoms with van der Waals surface area (Å²) in [6.07, 6.45) is 0.784. The molecule has 0 aliphatic heterocycles. The Hall–Kier alpha value is -1.28. The number of nitrogens with one attached hydrogen (secondary N) is 1. The Morgan fingerprint density at radius 1 is 1.43 bits per heavy atom. The van der Waals surface area contributed by atoms with E-state index in [0.717, 1.165) is 17.5 Å². The first-order chi connectivity index (χ1) is 6.83. The molecule has 1 rings (SSSR count). The van der Waals surface area contributed by atoms with Crippen molar-refractivity contribution in [3.05, 3.63) is 41.5 Å². The minimum absolute atomic E-state index is 0.217. The van der Waals surface area contributed by atoms with Crippen LogP contribution in [0.3, 0.4) is 0 Å². The number of alkyl halides is 1. The number of halogens is 1. The summed E-state index contributed by atoms with van der Waals surface area (Å²) < 4.78 is 0. The molecule has 0 heterocycles. The van der Waals surface area contributed by atoms with Gasteiger partial charge in [0, 0.05) is 18.3 Å². The molecule has 0 aliphatic carbocycles. The molecule has 0 saturated heterocycles. The highest BCUT2D eigenvalue weighted by molar-refractivity contribution is 6.22. The van der Waals surface area contributed by atoms with Gasteiger partial charge in [-0.2, -0.15) is 0 Å². The standard InChI is InChI=1S/C11H12ClNO/c1-13-11(10(7-12)8-14)9-5-3-2-4-6-9/h2-6,8,13H,7H2,1H3. The maximum absolute atomic E-state index is 10.7. The third kappa shape index (κ3) is 2.36. The molecule has 0 bridgehead atoms. The zero-order valence-corrected chi connectivity index (χ0v) is 8.71. The van der Waals surface area contributed by atoms with Crippen molar-refractivity contribution >= 4 is 23.6 Å². The van der Waals surface area contributed by atoms with Crippen molar-refractivity contribution in [3.63, 3.8) is 0 Å². The largest absolute Gasteiger partial charge is 0.387 e. The summed E-state index contributed by atoms with van der Waals surface area (Å²) in [5.74, 6) is 0.217. The molecule has 0 spiro atoms. The van der Waals surface area contributed by atoms with Gasteiger partial charge in [-0.15, -0.1) is 11.6 Å². The third-order valence-electron chi connectivity index (χ3n) is 1.92. The number of allylic oxidation sites excluding steroid dienone is 1. The number of carbonyl (C=O) groups is 1. The predicted molar refractivity (Wildman–Crippen MR) is 59.2 cm³/mol. The number of hydrogen-bond acceptors (Lipinski definition) is 2. The van der Waals surface area contributed by atoms with Crippen molar-refractivity contribution in [2.24, 2.45) is 0 Å². The minimum atomic E-state index is 0.217. The smallest absolute Gasteiger partial charge is 0.149 e. The first kappa shape index (κ1) is 10.8. The molecule has 1 aromatic carbocycles. The lowest BCUT2D eigenvalue weighted by Gasteiger charge is -2.09. The summed E-state index contributed by atoms with van der Waals surface area (Å²) in [6, 6.07) is 9.63. The summed E-state index contributed by atoms with van der Waals surface area (Å²) in [4.78, 5) is 10.7. The molecule has 74 valence electrons. The van der Waals surface area contributed by atoms with E-state index in [2.05, 4.69) is 5.32 Å². The summed E-state index contributed by atoms with van der Waals surface area (Å²) in [7, 11) is 1.78. The fraction of sp³-hybridized carbons (Fsp3) is 0.182. The van der Waals surface area contributed by atoms with Gasteiger partial charge in [-0.05, 0) is 5.56 Å². The molecule has 14 heavy (non-hydrogen) atoms. The van der Waals surface area contributed by atoms with E-state index in [0.29, 0.717) is 5.57 Å². The van der Waals surface area contributed by atoms with Crippen LogP contribution in [0.25, 0.3) is 5.70 Å². The van der Waals surface area contributed by atoms with E-state index in [1.165, 1.54) is 0 Å². The molecule has 0 saturated carbocycles. The fourth-order valence-electron chi connectivity index (χ4n) is 1.25. The first-order valence-electron chi connectivity index (χ1n) is 4.31. The number of hydrogen-bond donors (Lipinski definition) is 1. The van der Waals surface area contributed by atoms with Gasteiger partial charge in [-0.3, -0.25) is 4.79 Å². The molecule has 0 aliphatic rings. The van der Waals surface area contributed by atoms with E-state index in [1.807, 2.05) is 30.3 Å². The molecule has 1 aromatic rings. The maximum Gasteiger partial charge on any atom is 0.149 e. The topological polar surface area (TPSA) is 29.1 Å². The second-order valence-corrected chi connectivity index (χ2v) is 3.04. The quantitative estimate of drug-likeness (QED) is 0.467. The number of rotatable bonds is 4. The summed E-state index contributed by atoms with van der Waals surface area (Å²) in [5.41, 5.74) is 2.33. The number of benzene rings is 1. The van der Waals surface area contributed by atoms with E-state index in [9.17, 15) is 4.79 Å². The molecule has 0 fully saturated rings. The average molecular weight is 210 g/mol. The molecule has 2 nitrogen and oxygen atoms in total. The lowest BCUT2D eigenvalue weighted by molar-refractivity contribution is -0.104. The van der Waals surface area contributed by atoms with Crippen LogP contribution >= 0.6 is 11.6 Å². The highest BCUT2D eigenvalue weighted by atomic mass is 35.5. The molecule has 0 aromatic heterocycles. The van der Waals surface area contributed by atoms with Crippen LogP contribution in [0.15, 0.2) is 35.9 Å². The van der Waals surface area contributed by atoms with Crippen molar-refractivity contribution in [1.29, 1.82) is 0 Å². The normalized spacial score (nSPS) is 11.9. The van der Waals surface area contributed by atoms with Crippen LogP contribution in [0, 0.1) is 0 Å². The Labute approximate surface area is 88.6 Å². The maximum atomic E-state index is 10.7. The van der Waals surface area contributed by atoms with Gasteiger partial charge in [0.05, 0.1) is 5.88 Å². The lowest BCUT2D eigenvalue weighted by atomic mass is 10.1. The van der Waals surface area contributed by atoms with Gasteiger partial charge in [0.25, 0.3) is 0 Å². The zero-order valence-electron chi connectivity index (χ0n) is 7.96. The Kier molecular flexibility index (Phi) is 4.20. The van der Waals surface area contributed by atoms with Gasteiger partial charge >= 0.3 is 0 Å². The second-order valence-electron chi connectivity index (χ2n) is 2.77. The van der Waals surface area contributed by atoms with Crippen molar-refractivity contribution in [2.45, 2.75) is 0 Å². The second kappa shape index (κ2) is 5.45. The third-order valence-corrected chi connectivity index (χ3v) is 2.21.